The monoisotopic (exact) mass is 227 g/mol. The summed E-state index contributed by atoms with van der Waals surface area (Å²) in [5.74, 6) is 0. The van der Waals surface area contributed by atoms with Crippen LogP contribution in [0.5, 0.6) is 0 Å². The highest BCUT2D eigenvalue weighted by Crippen LogP contribution is 2.09. The second kappa shape index (κ2) is 3.67. The van der Waals surface area contributed by atoms with Crippen molar-refractivity contribution in [1.29, 1.82) is 0 Å². The maximum atomic E-state index is 2.35. The van der Waals surface area contributed by atoms with Crippen LogP contribution in [0.1, 0.15) is 27.7 Å². The molecule has 50 valence electrons. The predicted molar refractivity (Wildman–Crippen MR) is 46.1 cm³/mol. The molecule has 0 amide bonds. The van der Waals surface area contributed by atoms with Crippen LogP contribution in [0, 0.1) is 0 Å². The molecule has 0 unspecified atom stereocenters. The fourth-order valence-electron chi connectivity index (χ4n) is 0.596. The summed E-state index contributed by atoms with van der Waals surface area (Å²) >= 11 is 2.35. The third-order valence-corrected chi connectivity index (χ3v) is 3.21. The molecule has 0 bridgehead atoms. The van der Waals surface area contributed by atoms with Crippen LogP contribution in [-0.4, -0.2) is 15.2 Å². The van der Waals surface area contributed by atoms with E-state index in [4.69, 9.17) is 0 Å². The van der Waals surface area contributed by atoms with E-state index in [1.807, 2.05) is 0 Å². The van der Waals surface area contributed by atoms with Crippen LogP contribution < -0.4 is 0 Å². The summed E-state index contributed by atoms with van der Waals surface area (Å²) in [6, 6.07) is 1.33. The molecule has 0 N–H and O–H groups in total. The minimum absolute atomic E-state index is 0.663. The summed E-state index contributed by atoms with van der Waals surface area (Å²) in [5.41, 5.74) is 0. The number of hydrogen-bond acceptors (Lipinski definition) is 1. The van der Waals surface area contributed by atoms with Gasteiger partial charge in [0.25, 0.3) is 0 Å². The van der Waals surface area contributed by atoms with Crippen LogP contribution in [0.15, 0.2) is 0 Å². The minimum atomic E-state index is 0.663. The Kier molecular flexibility index (Phi) is 3.98. The Hall–Kier alpha value is 0.690. The van der Waals surface area contributed by atoms with E-state index in [-0.39, 0.29) is 0 Å². The number of hydrogen-bond donors (Lipinski definition) is 0. The second-order valence-electron chi connectivity index (χ2n) is 2.53. The molecule has 0 spiro atoms. The molecule has 0 aromatic heterocycles. The van der Waals surface area contributed by atoms with Crippen molar-refractivity contribution in [1.82, 2.24) is 3.11 Å². The summed E-state index contributed by atoms with van der Waals surface area (Å²) in [4.78, 5) is 0. The molecule has 0 rings (SSSR count). The van der Waals surface area contributed by atoms with Gasteiger partial charge in [0.1, 0.15) is 0 Å². The lowest BCUT2D eigenvalue weighted by atomic mass is 10.3. The van der Waals surface area contributed by atoms with Gasteiger partial charge < -0.3 is 0 Å². The normalized spacial score (nSPS) is 12.0. The van der Waals surface area contributed by atoms with Crippen molar-refractivity contribution < 1.29 is 0 Å². The third kappa shape index (κ3) is 2.87. The van der Waals surface area contributed by atoms with Crippen molar-refractivity contribution >= 4 is 22.9 Å². The molecule has 8 heavy (non-hydrogen) atoms. The Morgan fingerprint density at radius 3 is 1.25 bits per heavy atom. The van der Waals surface area contributed by atoms with Crippen LogP contribution in [-0.2, 0) is 0 Å². The molecule has 0 radical (unpaired) electrons. The van der Waals surface area contributed by atoms with E-state index in [1.54, 1.807) is 0 Å². The first-order chi connectivity index (χ1) is 3.55. The zero-order valence-electron chi connectivity index (χ0n) is 5.98. The van der Waals surface area contributed by atoms with E-state index < -0.39 is 0 Å². The molecule has 0 fully saturated rings. The van der Waals surface area contributed by atoms with E-state index in [9.17, 15) is 0 Å². The van der Waals surface area contributed by atoms with Gasteiger partial charge in [-0.3, -0.25) is 0 Å². The highest BCUT2D eigenvalue weighted by Gasteiger charge is 2.07. The van der Waals surface area contributed by atoms with Crippen molar-refractivity contribution in [3.8, 4) is 0 Å². The first-order valence-corrected chi connectivity index (χ1v) is 3.96. The molecule has 0 aliphatic carbocycles. The average Bonchev–Trinajstić information content (AvgIpc) is 1.64. The molecule has 0 aromatic carbocycles. The second-order valence-corrected chi connectivity index (χ2v) is 3.65. The Morgan fingerprint density at radius 1 is 1.00 bits per heavy atom. The molecule has 0 atom stereocenters. The van der Waals surface area contributed by atoms with Gasteiger partial charge in [0.15, 0.2) is 0 Å². The molecular weight excluding hydrogens is 213 g/mol. The molecule has 0 saturated heterocycles. The topological polar surface area (TPSA) is 3.24 Å². The van der Waals surface area contributed by atoms with Crippen LogP contribution in [0.4, 0.5) is 0 Å². The zero-order valence-corrected chi connectivity index (χ0v) is 8.14. The summed E-state index contributed by atoms with van der Waals surface area (Å²) in [7, 11) is 0. The largest absolute Gasteiger partial charge is 0.243 e. The molecule has 0 aliphatic heterocycles. The Morgan fingerprint density at radius 2 is 1.25 bits per heavy atom. The minimum Gasteiger partial charge on any atom is -0.243 e. The number of rotatable bonds is 2. The van der Waals surface area contributed by atoms with Crippen LogP contribution in [0.3, 0.4) is 0 Å². The molecule has 0 aliphatic rings. The van der Waals surface area contributed by atoms with E-state index in [2.05, 4.69) is 53.7 Å². The van der Waals surface area contributed by atoms with Crippen molar-refractivity contribution in [2.75, 3.05) is 0 Å². The Bertz CT molecular complexity index is 53.5. The smallest absolute Gasteiger partial charge is 0.0206 e. The predicted octanol–water partition coefficient (Wildman–Crippen LogP) is 2.46. The van der Waals surface area contributed by atoms with Gasteiger partial charge in [-0.25, -0.2) is 3.11 Å². The van der Waals surface area contributed by atoms with Crippen LogP contribution in [0.2, 0.25) is 0 Å². The van der Waals surface area contributed by atoms with Gasteiger partial charge in [0.05, 0.1) is 0 Å². The van der Waals surface area contributed by atoms with E-state index in [0.717, 1.165) is 0 Å². The van der Waals surface area contributed by atoms with Gasteiger partial charge in [0.2, 0.25) is 0 Å². The Labute approximate surface area is 65.9 Å². The number of nitrogens with zero attached hydrogens (tertiary/aromatic N) is 1. The maximum absolute atomic E-state index is 2.35. The third-order valence-electron chi connectivity index (χ3n) is 0.987. The molecular formula is C6H14IN. The van der Waals surface area contributed by atoms with Gasteiger partial charge in [-0.1, -0.05) is 0 Å². The fraction of sp³-hybridized carbons (Fsp3) is 1.00. The molecule has 2 heteroatoms. The summed E-state index contributed by atoms with van der Waals surface area (Å²) in [6.07, 6.45) is 0. The quantitative estimate of drug-likeness (QED) is 0.517. The highest BCUT2D eigenvalue weighted by atomic mass is 127. The molecule has 0 heterocycles. The fourth-order valence-corrected chi connectivity index (χ4v) is 0.596. The van der Waals surface area contributed by atoms with Gasteiger partial charge >= 0.3 is 0 Å². The summed E-state index contributed by atoms with van der Waals surface area (Å²) in [6.45, 7) is 8.80. The lowest BCUT2D eigenvalue weighted by Gasteiger charge is -2.22. The lowest BCUT2D eigenvalue weighted by molar-refractivity contribution is 0.367. The number of halogens is 1. The first-order valence-electron chi connectivity index (χ1n) is 2.99. The van der Waals surface area contributed by atoms with Crippen molar-refractivity contribution in [2.45, 2.75) is 39.8 Å². The van der Waals surface area contributed by atoms with E-state index in [0.29, 0.717) is 12.1 Å². The van der Waals surface area contributed by atoms with Crippen molar-refractivity contribution in [2.24, 2.45) is 0 Å². The van der Waals surface area contributed by atoms with Gasteiger partial charge in [-0.2, -0.15) is 0 Å². The summed E-state index contributed by atoms with van der Waals surface area (Å²) < 4.78 is 2.30. The van der Waals surface area contributed by atoms with Crippen LogP contribution in [0.25, 0.3) is 0 Å². The highest BCUT2D eigenvalue weighted by molar-refractivity contribution is 14.1. The SMILES string of the molecule is CC(C)N(I)C(C)C. The summed E-state index contributed by atoms with van der Waals surface area (Å²) in [5, 5.41) is 0. The molecule has 0 saturated carbocycles. The standard InChI is InChI=1S/C6H14IN/c1-5(2)8(7)6(3)4/h5-6H,1-4H3. The average molecular weight is 227 g/mol. The Balaban J connectivity index is 3.46. The zero-order chi connectivity index (χ0) is 6.73. The van der Waals surface area contributed by atoms with E-state index >= 15 is 0 Å². The maximum Gasteiger partial charge on any atom is 0.0206 e. The van der Waals surface area contributed by atoms with Crippen molar-refractivity contribution in [3.05, 3.63) is 0 Å². The van der Waals surface area contributed by atoms with Gasteiger partial charge in [-0.15, -0.1) is 0 Å². The van der Waals surface area contributed by atoms with E-state index in [1.165, 1.54) is 0 Å². The molecule has 1 nitrogen and oxygen atoms in total. The molecule has 0 aromatic rings. The van der Waals surface area contributed by atoms with Crippen molar-refractivity contribution in [3.63, 3.8) is 0 Å². The lowest BCUT2D eigenvalue weighted by Crippen LogP contribution is -2.26. The van der Waals surface area contributed by atoms with Gasteiger partial charge in [-0.05, 0) is 27.7 Å². The van der Waals surface area contributed by atoms with Crippen LogP contribution >= 0.6 is 22.9 Å². The van der Waals surface area contributed by atoms with Gasteiger partial charge in [0, 0.05) is 34.9 Å². The first kappa shape index (κ1) is 8.69.